The molecule has 4 heteroatoms. The van der Waals surface area contributed by atoms with Gasteiger partial charge in [-0.15, -0.1) is 0 Å². The Kier molecular flexibility index (Phi) is 4.36. The van der Waals surface area contributed by atoms with E-state index >= 15 is 0 Å². The number of hydrogen-bond donors (Lipinski definition) is 2. The van der Waals surface area contributed by atoms with Crippen LogP contribution >= 0.6 is 0 Å². The molecule has 0 radical (unpaired) electrons. The van der Waals surface area contributed by atoms with Gasteiger partial charge in [0.25, 0.3) is 0 Å². The molecule has 2 unspecified atom stereocenters. The van der Waals surface area contributed by atoms with Crippen LogP contribution in [0.5, 0.6) is 5.75 Å². The third-order valence-corrected chi connectivity index (χ3v) is 5.06. The molecular formula is C17H26N2O2. The van der Waals surface area contributed by atoms with Crippen molar-refractivity contribution in [1.29, 1.82) is 0 Å². The topological polar surface area (TPSA) is 58.7 Å². The lowest BCUT2D eigenvalue weighted by molar-refractivity contribution is 0.00887. The summed E-state index contributed by atoms with van der Waals surface area (Å²) in [5, 5.41) is 10.6. The van der Waals surface area contributed by atoms with E-state index in [0.29, 0.717) is 12.5 Å². The van der Waals surface area contributed by atoms with Crippen LogP contribution in [0, 0.1) is 5.92 Å². The zero-order valence-corrected chi connectivity index (χ0v) is 12.6. The number of nitrogens with zero attached hydrogens (tertiary/aromatic N) is 1. The molecule has 1 saturated carbocycles. The van der Waals surface area contributed by atoms with Crippen LogP contribution in [0.15, 0.2) is 24.3 Å². The molecular weight excluding hydrogens is 264 g/mol. The molecule has 2 atom stereocenters. The lowest BCUT2D eigenvalue weighted by Crippen LogP contribution is -2.42. The molecule has 1 fully saturated rings. The predicted molar refractivity (Wildman–Crippen MR) is 84.7 cm³/mol. The van der Waals surface area contributed by atoms with E-state index in [-0.39, 0.29) is 0 Å². The number of fused-ring (bicyclic) bond motifs is 1. The van der Waals surface area contributed by atoms with Crippen molar-refractivity contribution in [3.63, 3.8) is 0 Å². The summed E-state index contributed by atoms with van der Waals surface area (Å²) in [6.07, 6.45) is 5.09. The summed E-state index contributed by atoms with van der Waals surface area (Å²) in [7, 11) is 0. The fourth-order valence-electron chi connectivity index (χ4n) is 3.75. The Morgan fingerprint density at radius 1 is 1.33 bits per heavy atom. The summed E-state index contributed by atoms with van der Waals surface area (Å²) >= 11 is 0. The number of rotatable bonds is 4. The first-order valence-corrected chi connectivity index (χ1v) is 8.12. The van der Waals surface area contributed by atoms with Crippen LogP contribution in [0.2, 0.25) is 0 Å². The minimum absolute atomic E-state index is 0.332. The van der Waals surface area contributed by atoms with Crippen LogP contribution in [0.1, 0.15) is 32.1 Å². The Morgan fingerprint density at radius 3 is 3.05 bits per heavy atom. The smallest absolute Gasteiger partial charge is 0.142 e. The molecule has 1 heterocycles. The first-order chi connectivity index (χ1) is 10.2. The van der Waals surface area contributed by atoms with E-state index in [2.05, 4.69) is 17.0 Å². The number of anilines is 1. The summed E-state index contributed by atoms with van der Waals surface area (Å²) < 4.78 is 5.80. The molecule has 0 amide bonds. The van der Waals surface area contributed by atoms with E-state index in [4.69, 9.17) is 10.5 Å². The second kappa shape index (κ2) is 6.24. The third-order valence-electron chi connectivity index (χ3n) is 5.06. The summed E-state index contributed by atoms with van der Waals surface area (Å²) in [5.41, 5.74) is 6.33. The molecule has 116 valence electrons. The van der Waals surface area contributed by atoms with Gasteiger partial charge in [-0.1, -0.05) is 18.6 Å². The van der Waals surface area contributed by atoms with E-state index in [1.807, 2.05) is 12.1 Å². The molecule has 0 saturated heterocycles. The van der Waals surface area contributed by atoms with Crippen LogP contribution in [-0.4, -0.2) is 36.9 Å². The highest BCUT2D eigenvalue weighted by molar-refractivity contribution is 5.58. The van der Waals surface area contributed by atoms with Gasteiger partial charge >= 0.3 is 0 Å². The number of hydrogen-bond acceptors (Lipinski definition) is 4. The number of para-hydroxylation sites is 2. The van der Waals surface area contributed by atoms with Crippen LogP contribution < -0.4 is 15.4 Å². The number of nitrogens with two attached hydrogens (primary N) is 1. The van der Waals surface area contributed by atoms with Gasteiger partial charge in [0.05, 0.1) is 17.9 Å². The van der Waals surface area contributed by atoms with Gasteiger partial charge in [0.1, 0.15) is 5.75 Å². The van der Waals surface area contributed by atoms with Crippen LogP contribution in [0.25, 0.3) is 0 Å². The Hall–Kier alpha value is -1.26. The predicted octanol–water partition coefficient (Wildman–Crippen LogP) is 2.16. The average molecular weight is 290 g/mol. The maximum absolute atomic E-state index is 10.6. The van der Waals surface area contributed by atoms with Gasteiger partial charge in [-0.3, -0.25) is 0 Å². The lowest BCUT2D eigenvalue weighted by Gasteiger charge is -2.31. The van der Waals surface area contributed by atoms with Gasteiger partial charge in [-0.25, -0.2) is 0 Å². The summed E-state index contributed by atoms with van der Waals surface area (Å²) in [5.74, 6) is 1.31. The van der Waals surface area contributed by atoms with Crippen molar-refractivity contribution in [2.24, 2.45) is 11.7 Å². The summed E-state index contributed by atoms with van der Waals surface area (Å²) in [6.45, 7) is 3.15. The minimum Gasteiger partial charge on any atom is -0.491 e. The molecule has 0 aromatic heterocycles. The number of benzene rings is 1. The Labute approximate surface area is 126 Å². The molecule has 1 aliphatic heterocycles. The Bertz CT molecular complexity index is 480. The van der Waals surface area contributed by atoms with E-state index in [0.717, 1.165) is 57.6 Å². The zero-order valence-electron chi connectivity index (χ0n) is 12.6. The zero-order chi connectivity index (χ0) is 14.7. The standard InChI is InChI=1S/C17H26N2O2/c18-13-17(20)9-3-5-14(17)8-11-19-10-4-12-21-16-7-2-1-6-15(16)19/h1-2,6-7,14,20H,3-5,8-13,18H2. The van der Waals surface area contributed by atoms with E-state index in [9.17, 15) is 5.11 Å². The molecule has 3 N–H and O–H groups in total. The molecule has 0 bridgehead atoms. The normalized spacial score (nSPS) is 28.9. The van der Waals surface area contributed by atoms with Crippen molar-refractivity contribution in [3.05, 3.63) is 24.3 Å². The fourth-order valence-corrected chi connectivity index (χ4v) is 3.75. The fraction of sp³-hybridized carbons (Fsp3) is 0.647. The van der Waals surface area contributed by atoms with E-state index in [1.165, 1.54) is 5.69 Å². The summed E-state index contributed by atoms with van der Waals surface area (Å²) in [4.78, 5) is 2.40. The third kappa shape index (κ3) is 3.01. The van der Waals surface area contributed by atoms with Gasteiger partial charge in [-0.05, 0) is 43.7 Å². The Morgan fingerprint density at radius 2 is 2.19 bits per heavy atom. The highest BCUT2D eigenvalue weighted by Crippen LogP contribution is 2.38. The van der Waals surface area contributed by atoms with Crippen molar-refractivity contribution in [3.8, 4) is 5.75 Å². The van der Waals surface area contributed by atoms with Gasteiger partial charge < -0.3 is 20.5 Å². The highest BCUT2D eigenvalue weighted by Gasteiger charge is 2.39. The molecule has 4 nitrogen and oxygen atoms in total. The SMILES string of the molecule is NCC1(O)CCCC1CCN1CCCOc2ccccc21. The maximum atomic E-state index is 10.6. The molecule has 3 rings (SSSR count). The first kappa shape index (κ1) is 14.7. The van der Waals surface area contributed by atoms with E-state index < -0.39 is 5.60 Å². The summed E-state index contributed by atoms with van der Waals surface area (Å²) in [6, 6.07) is 8.25. The molecule has 2 aliphatic rings. The molecule has 1 aromatic carbocycles. The first-order valence-electron chi connectivity index (χ1n) is 8.12. The molecule has 0 spiro atoms. The Balaban J connectivity index is 1.68. The van der Waals surface area contributed by atoms with Gasteiger partial charge in [0.15, 0.2) is 0 Å². The van der Waals surface area contributed by atoms with Crippen molar-refractivity contribution >= 4 is 5.69 Å². The molecule has 1 aliphatic carbocycles. The lowest BCUT2D eigenvalue weighted by atomic mass is 9.88. The average Bonchev–Trinajstić information content (AvgIpc) is 2.76. The highest BCUT2D eigenvalue weighted by atomic mass is 16.5. The van der Waals surface area contributed by atoms with Crippen LogP contribution in [0.3, 0.4) is 0 Å². The monoisotopic (exact) mass is 290 g/mol. The number of ether oxygens (including phenoxy) is 1. The largest absolute Gasteiger partial charge is 0.491 e. The van der Waals surface area contributed by atoms with Crippen molar-refractivity contribution in [2.45, 2.75) is 37.7 Å². The van der Waals surface area contributed by atoms with Crippen LogP contribution in [0.4, 0.5) is 5.69 Å². The molecule has 1 aromatic rings. The van der Waals surface area contributed by atoms with Gasteiger partial charge in [-0.2, -0.15) is 0 Å². The van der Waals surface area contributed by atoms with Crippen molar-refractivity contribution in [1.82, 2.24) is 0 Å². The second-order valence-corrected chi connectivity index (χ2v) is 6.34. The number of aliphatic hydroxyl groups is 1. The minimum atomic E-state index is -0.637. The van der Waals surface area contributed by atoms with Crippen LogP contribution in [-0.2, 0) is 0 Å². The quantitative estimate of drug-likeness (QED) is 0.892. The van der Waals surface area contributed by atoms with Crippen molar-refractivity contribution < 1.29 is 9.84 Å². The van der Waals surface area contributed by atoms with E-state index in [1.54, 1.807) is 0 Å². The maximum Gasteiger partial charge on any atom is 0.142 e. The van der Waals surface area contributed by atoms with Gasteiger partial charge in [0.2, 0.25) is 0 Å². The second-order valence-electron chi connectivity index (χ2n) is 6.34. The van der Waals surface area contributed by atoms with Crippen molar-refractivity contribution in [2.75, 3.05) is 31.1 Å². The molecule has 21 heavy (non-hydrogen) atoms. The van der Waals surface area contributed by atoms with Gasteiger partial charge in [0, 0.05) is 19.6 Å².